The summed E-state index contributed by atoms with van der Waals surface area (Å²) in [7, 11) is 0. The van der Waals surface area contributed by atoms with Crippen LogP contribution < -0.4 is 4.74 Å². The zero-order valence-corrected chi connectivity index (χ0v) is 11.7. The molecule has 0 aliphatic rings. The van der Waals surface area contributed by atoms with Crippen LogP contribution in [0.15, 0.2) is 24.3 Å². The lowest BCUT2D eigenvalue weighted by molar-refractivity contribution is 0.295. The van der Waals surface area contributed by atoms with Crippen molar-refractivity contribution in [1.29, 1.82) is 0 Å². The largest absolute Gasteiger partial charge is 0.486 e. The highest BCUT2D eigenvalue weighted by molar-refractivity contribution is 6.34. The molecular formula is C12H9Cl3N2O. The van der Waals surface area contributed by atoms with E-state index in [1.165, 1.54) is 0 Å². The molecule has 0 spiro atoms. The Bertz CT molecular complexity index is 483. The van der Waals surface area contributed by atoms with Gasteiger partial charge in [-0.25, -0.2) is 9.97 Å². The molecule has 0 saturated carbocycles. The topological polar surface area (TPSA) is 35.0 Å². The first-order valence-corrected chi connectivity index (χ1v) is 6.25. The number of hydrogen-bond acceptors (Lipinski definition) is 3. The summed E-state index contributed by atoms with van der Waals surface area (Å²) in [6, 6.07) is 6.66. The third kappa shape index (κ3) is 3.73. The first-order chi connectivity index (χ1) is 8.52. The average Bonchev–Trinajstić information content (AvgIpc) is 2.23. The van der Waals surface area contributed by atoms with Crippen molar-refractivity contribution in [2.45, 2.75) is 13.5 Å². The third-order valence-electron chi connectivity index (χ3n) is 2.07. The van der Waals surface area contributed by atoms with Crippen molar-refractivity contribution in [3.05, 3.63) is 51.0 Å². The lowest BCUT2D eigenvalue weighted by Crippen LogP contribution is -2.02. The van der Waals surface area contributed by atoms with Gasteiger partial charge in [0, 0.05) is 15.7 Å². The molecule has 0 bridgehead atoms. The predicted octanol–water partition coefficient (Wildman–Crippen LogP) is 4.32. The van der Waals surface area contributed by atoms with Crippen molar-refractivity contribution in [2.75, 3.05) is 0 Å². The smallest absolute Gasteiger partial charge is 0.167 e. The highest BCUT2D eigenvalue weighted by Gasteiger charge is 2.04. The van der Waals surface area contributed by atoms with Crippen molar-refractivity contribution in [2.24, 2.45) is 0 Å². The van der Waals surface area contributed by atoms with Gasteiger partial charge in [0.05, 0.1) is 0 Å². The number of hydrogen-bond donors (Lipinski definition) is 0. The van der Waals surface area contributed by atoms with Crippen LogP contribution in [0, 0.1) is 6.92 Å². The lowest BCUT2D eigenvalue weighted by atomic mass is 10.3. The van der Waals surface area contributed by atoms with Gasteiger partial charge in [0.2, 0.25) is 0 Å². The van der Waals surface area contributed by atoms with E-state index in [0.717, 1.165) is 5.69 Å². The Morgan fingerprint density at radius 1 is 1.00 bits per heavy atom. The summed E-state index contributed by atoms with van der Waals surface area (Å²) in [6.07, 6.45) is 0. The lowest BCUT2D eigenvalue weighted by Gasteiger charge is -2.07. The minimum absolute atomic E-state index is 0.206. The van der Waals surface area contributed by atoms with Crippen LogP contribution in [0.2, 0.25) is 15.2 Å². The highest BCUT2D eigenvalue weighted by atomic mass is 35.5. The number of halogens is 3. The molecule has 94 valence electrons. The van der Waals surface area contributed by atoms with Gasteiger partial charge in [0.1, 0.15) is 17.5 Å². The van der Waals surface area contributed by atoms with Crippen LogP contribution in [0.1, 0.15) is 11.5 Å². The van der Waals surface area contributed by atoms with Crippen LogP contribution >= 0.6 is 34.8 Å². The molecule has 0 radical (unpaired) electrons. The Balaban J connectivity index is 2.11. The van der Waals surface area contributed by atoms with Gasteiger partial charge in [-0.05, 0) is 31.2 Å². The van der Waals surface area contributed by atoms with Gasteiger partial charge in [-0.1, -0.05) is 34.8 Å². The van der Waals surface area contributed by atoms with Gasteiger partial charge in [-0.2, -0.15) is 0 Å². The Hall–Kier alpha value is -1.03. The maximum absolute atomic E-state index is 5.87. The monoisotopic (exact) mass is 302 g/mol. The molecule has 0 N–H and O–H groups in total. The van der Waals surface area contributed by atoms with Crippen LogP contribution in [0.5, 0.6) is 5.75 Å². The fourth-order valence-corrected chi connectivity index (χ4v) is 2.17. The minimum atomic E-state index is 0.206. The quantitative estimate of drug-likeness (QED) is 0.792. The summed E-state index contributed by atoms with van der Waals surface area (Å²) in [5, 5.41) is 1.42. The maximum Gasteiger partial charge on any atom is 0.167 e. The molecule has 0 aliphatic heterocycles. The average molecular weight is 304 g/mol. The summed E-state index contributed by atoms with van der Waals surface area (Å²) in [5.41, 5.74) is 0.790. The first-order valence-electron chi connectivity index (χ1n) is 5.12. The van der Waals surface area contributed by atoms with Crippen LogP contribution in [-0.2, 0) is 6.61 Å². The van der Waals surface area contributed by atoms with E-state index in [2.05, 4.69) is 9.97 Å². The molecule has 0 fully saturated rings. The van der Waals surface area contributed by atoms with Gasteiger partial charge < -0.3 is 4.74 Å². The third-order valence-corrected chi connectivity index (χ3v) is 2.70. The molecule has 0 atom stereocenters. The van der Waals surface area contributed by atoms with Crippen LogP contribution in [0.25, 0.3) is 0 Å². The second-order valence-electron chi connectivity index (χ2n) is 3.64. The molecule has 2 aromatic rings. The molecule has 3 nitrogen and oxygen atoms in total. The standard InChI is InChI=1S/C12H9Cl3N2O/c1-7-2-11(15)17-12(16-7)6-18-10-4-8(13)3-9(14)5-10/h2-5H,6H2,1H3. The normalized spacial score (nSPS) is 10.4. The molecule has 0 unspecified atom stereocenters. The van der Waals surface area contributed by atoms with Crippen LogP contribution in [-0.4, -0.2) is 9.97 Å². The number of nitrogens with zero attached hydrogens (tertiary/aromatic N) is 2. The highest BCUT2D eigenvalue weighted by Crippen LogP contribution is 2.24. The molecule has 6 heteroatoms. The second kappa shape index (κ2) is 5.74. The van der Waals surface area contributed by atoms with E-state index in [-0.39, 0.29) is 6.61 Å². The Labute approximate surface area is 120 Å². The first kappa shape index (κ1) is 13.4. The Kier molecular flexibility index (Phi) is 4.27. The van der Waals surface area contributed by atoms with E-state index in [1.807, 2.05) is 6.92 Å². The zero-order valence-electron chi connectivity index (χ0n) is 9.45. The summed E-state index contributed by atoms with van der Waals surface area (Å²) >= 11 is 17.6. The maximum atomic E-state index is 5.87. The number of benzene rings is 1. The molecule has 1 aromatic carbocycles. The van der Waals surface area contributed by atoms with E-state index >= 15 is 0 Å². The molecule has 18 heavy (non-hydrogen) atoms. The van der Waals surface area contributed by atoms with Crippen molar-refractivity contribution in [3.8, 4) is 5.75 Å². The van der Waals surface area contributed by atoms with E-state index in [0.29, 0.717) is 26.8 Å². The summed E-state index contributed by atoms with van der Waals surface area (Å²) in [6.45, 7) is 2.05. The SMILES string of the molecule is Cc1cc(Cl)nc(COc2cc(Cl)cc(Cl)c2)n1. The van der Waals surface area contributed by atoms with Crippen molar-refractivity contribution >= 4 is 34.8 Å². The van der Waals surface area contributed by atoms with Crippen molar-refractivity contribution in [1.82, 2.24) is 9.97 Å². The molecule has 2 rings (SSSR count). The van der Waals surface area contributed by atoms with Gasteiger partial charge in [0.25, 0.3) is 0 Å². The number of rotatable bonds is 3. The number of aryl methyl sites for hydroxylation is 1. The van der Waals surface area contributed by atoms with Gasteiger partial charge >= 0.3 is 0 Å². The molecule has 0 saturated heterocycles. The van der Waals surface area contributed by atoms with E-state index in [1.54, 1.807) is 24.3 Å². The van der Waals surface area contributed by atoms with E-state index in [4.69, 9.17) is 39.5 Å². The minimum Gasteiger partial charge on any atom is -0.486 e. The number of ether oxygens (including phenoxy) is 1. The fourth-order valence-electron chi connectivity index (χ4n) is 1.41. The van der Waals surface area contributed by atoms with E-state index in [9.17, 15) is 0 Å². The second-order valence-corrected chi connectivity index (χ2v) is 4.90. The van der Waals surface area contributed by atoms with Gasteiger partial charge in [0.15, 0.2) is 5.82 Å². The zero-order chi connectivity index (χ0) is 13.1. The molecule has 0 aliphatic carbocycles. The predicted molar refractivity (Wildman–Crippen MR) is 72.6 cm³/mol. The van der Waals surface area contributed by atoms with Crippen LogP contribution in [0.4, 0.5) is 0 Å². The van der Waals surface area contributed by atoms with E-state index < -0.39 is 0 Å². The Morgan fingerprint density at radius 3 is 2.28 bits per heavy atom. The fraction of sp³-hybridized carbons (Fsp3) is 0.167. The summed E-state index contributed by atoms with van der Waals surface area (Å²) in [5.74, 6) is 1.07. The molecule has 1 heterocycles. The van der Waals surface area contributed by atoms with Crippen LogP contribution in [0.3, 0.4) is 0 Å². The molecule has 0 amide bonds. The molecule has 1 aromatic heterocycles. The van der Waals surface area contributed by atoms with Crippen molar-refractivity contribution < 1.29 is 4.74 Å². The summed E-state index contributed by atoms with van der Waals surface area (Å²) < 4.78 is 5.51. The number of aromatic nitrogens is 2. The van der Waals surface area contributed by atoms with Gasteiger partial charge in [-0.3, -0.25) is 0 Å². The molecular weight excluding hydrogens is 295 g/mol. The Morgan fingerprint density at radius 2 is 1.67 bits per heavy atom. The van der Waals surface area contributed by atoms with Crippen molar-refractivity contribution in [3.63, 3.8) is 0 Å². The van der Waals surface area contributed by atoms with Gasteiger partial charge in [-0.15, -0.1) is 0 Å². The summed E-state index contributed by atoms with van der Waals surface area (Å²) in [4.78, 5) is 8.26.